The average molecular weight is 288 g/mol. The summed E-state index contributed by atoms with van der Waals surface area (Å²) in [4.78, 5) is 12.8. The van der Waals surface area contributed by atoms with Crippen LogP contribution in [0.25, 0.3) is 0 Å². The summed E-state index contributed by atoms with van der Waals surface area (Å²) in [6.45, 7) is 1.06. The fourth-order valence-corrected chi connectivity index (χ4v) is 5.73. The minimum absolute atomic E-state index is 0.00792. The number of nitrogens with one attached hydrogen (secondary N) is 1. The minimum Gasteiger partial charge on any atom is -0.381 e. The van der Waals surface area contributed by atoms with Crippen molar-refractivity contribution in [2.45, 2.75) is 56.9 Å². The van der Waals surface area contributed by atoms with Gasteiger partial charge < -0.3 is 10.1 Å². The Hall–Kier alpha value is -1.08. The summed E-state index contributed by atoms with van der Waals surface area (Å²) in [5.41, 5.74) is -0.838. The van der Waals surface area contributed by atoms with Crippen LogP contribution >= 0.6 is 0 Å². The molecule has 0 aromatic heterocycles. The van der Waals surface area contributed by atoms with Crippen LogP contribution in [0, 0.1) is 34.5 Å². The van der Waals surface area contributed by atoms with Crippen molar-refractivity contribution in [2.75, 3.05) is 13.2 Å². The van der Waals surface area contributed by atoms with Crippen molar-refractivity contribution in [3.8, 4) is 6.07 Å². The van der Waals surface area contributed by atoms with Gasteiger partial charge in [-0.1, -0.05) is 0 Å². The molecular formula is C17H24N2O2. The smallest absolute Gasteiger partial charge is 0.241 e. The lowest BCUT2D eigenvalue weighted by Crippen LogP contribution is -2.62. The molecular weight excluding hydrogens is 264 g/mol. The summed E-state index contributed by atoms with van der Waals surface area (Å²) in [5.74, 6) is 2.41. The van der Waals surface area contributed by atoms with Gasteiger partial charge in [0.1, 0.15) is 5.41 Å². The highest BCUT2D eigenvalue weighted by Crippen LogP contribution is 2.55. The Kier molecular flexibility index (Phi) is 3.04. The van der Waals surface area contributed by atoms with Crippen LogP contribution in [0.15, 0.2) is 0 Å². The van der Waals surface area contributed by atoms with Gasteiger partial charge in [0.2, 0.25) is 5.91 Å². The molecule has 21 heavy (non-hydrogen) atoms. The normalized spacial score (nSPS) is 43.3. The summed E-state index contributed by atoms with van der Waals surface area (Å²) in [6, 6.07) is 2.31. The van der Waals surface area contributed by atoms with Crippen molar-refractivity contribution < 1.29 is 9.53 Å². The van der Waals surface area contributed by atoms with Crippen LogP contribution < -0.4 is 5.32 Å². The first-order valence-electron chi connectivity index (χ1n) is 8.45. The molecule has 5 rings (SSSR count). The van der Waals surface area contributed by atoms with E-state index in [0.29, 0.717) is 26.1 Å². The Morgan fingerprint density at radius 3 is 2.05 bits per heavy atom. The topological polar surface area (TPSA) is 62.1 Å². The standard InChI is InChI=1S/C17H24N2O2/c18-11-16(1-3-21-4-2-16)15(20)19-17-8-12-5-13(9-17)7-14(6-12)10-17/h12-14H,1-10H2,(H,19,20). The van der Waals surface area contributed by atoms with Gasteiger partial charge in [0.05, 0.1) is 6.07 Å². The van der Waals surface area contributed by atoms with Gasteiger partial charge in [0.15, 0.2) is 0 Å². The summed E-state index contributed by atoms with van der Waals surface area (Å²) in [7, 11) is 0. The maximum atomic E-state index is 12.8. The van der Waals surface area contributed by atoms with Crippen molar-refractivity contribution in [3.05, 3.63) is 0 Å². The molecule has 1 aliphatic heterocycles. The zero-order valence-electron chi connectivity index (χ0n) is 12.6. The van der Waals surface area contributed by atoms with E-state index in [9.17, 15) is 10.1 Å². The number of nitriles is 1. The minimum atomic E-state index is -0.846. The highest BCUT2D eigenvalue weighted by Gasteiger charge is 2.53. The number of hydrogen-bond acceptors (Lipinski definition) is 3. The number of carbonyl (C=O) groups is 1. The maximum Gasteiger partial charge on any atom is 0.241 e. The summed E-state index contributed by atoms with van der Waals surface area (Å²) in [5, 5.41) is 12.9. The molecule has 4 nitrogen and oxygen atoms in total. The quantitative estimate of drug-likeness (QED) is 0.848. The predicted octanol–water partition coefficient (Wildman–Crippen LogP) is 2.39. The van der Waals surface area contributed by atoms with Gasteiger partial charge in [-0.25, -0.2) is 0 Å². The van der Waals surface area contributed by atoms with Crippen LogP contribution in [0.3, 0.4) is 0 Å². The molecule has 1 saturated heterocycles. The molecule has 0 radical (unpaired) electrons. The van der Waals surface area contributed by atoms with Crippen molar-refractivity contribution in [2.24, 2.45) is 23.2 Å². The van der Waals surface area contributed by atoms with Gasteiger partial charge in [-0.2, -0.15) is 5.26 Å². The molecule has 1 N–H and O–H groups in total. The third-order valence-electron chi connectivity index (χ3n) is 6.41. The highest BCUT2D eigenvalue weighted by atomic mass is 16.5. The van der Waals surface area contributed by atoms with Crippen LogP contribution in [0.1, 0.15) is 51.4 Å². The second-order valence-corrected chi connectivity index (χ2v) is 7.96. The van der Waals surface area contributed by atoms with E-state index >= 15 is 0 Å². The van der Waals surface area contributed by atoms with Crippen molar-refractivity contribution in [3.63, 3.8) is 0 Å². The number of amides is 1. The second-order valence-electron chi connectivity index (χ2n) is 7.96. The third kappa shape index (κ3) is 2.17. The van der Waals surface area contributed by atoms with Gasteiger partial charge in [-0.15, -0.1) is 0 Å². The fraction of sp³-hybridized carbons (Fsp3) is 0.882. The van der Waals surface area contributed by atoms with Crippen LogP contribution in [0.4, 0.5) is 0 Å². The highest BCUT2D eigenvalue weighted by molar-refractivity contribution is 5.86. The third-order valence-corrected chi connectivity index (χ3v) is 6.41. The Balaban J connectivity index is 1.53. The van der Waals surface area contributed by atoms with Crippen molar-refractivity contribution in [1.82, 2.24) is 5.32 Å². The van der Waals surface area contributed by atoms with Crippen LogP contribution in [-0.4, -0.2) is 24.7 Å². The van der Waals surface area contributed by atoms with Crippen LogP contribution in [-0.2, 0) is 9.53 Å². The molecule has 5 fully saturated rings. The predicted molar refractivity (Wildman–Crippen MR) is 77.1 cm³/mol. The summed E-state index contributed by atoms with van der Waals surface area (Å²) >= 11 is 0. The Morgan fingerprint density at radius 1 is 1.05 bits per heavy atom. The molecule has 0 unspecified atom stereocenters. The fourth-order valence-electron chi connectivity index (χ4n) is 5.73. The molecule has 0 aromatic carbocycles. The number of carbonyl (C=O) groups excluding carboxylic acids is 1. The van der Waals surface area contributed by atoms with E-state index in [1.807, 2.05) is 0 Å². The van der Waals surface area contributed by atoms with Crippen molar-refractivity contribution in [1.29, 1.82) is 5.26 Å². The molecule has 4 heteroatoms. The zero-order chi connectivity index (χ0) is 14.5. The van der Waals surface area contributed by atoms with E-state index in [1.165, 1.54) is 19.3 Å². The van der Waals surface area contributed by atoms with E-state index in [-0.39, 0.29) is 11.4 Å². The summed E-state index contributed by atoms with van der Waals surface area (Å²) in [6.07, 6.45) is 8.61. The number of hydrogen-bond donors (Lipinski definition) is 1. The summed E-state index contributed by atoms with van der Waals surface area (Å²) < 4.78 is 5.34. The van der Waals surface area contributed by atoms with Gasteiger partial charge in [-0.05, 0) is 69.1 Å². The number of rotatable bonds is 2. The van der Waals surface area contributed by atoms with Crippen LogP contribution in [0.5, 0.6) is 0 Å². The first kappa shape index (κ1) is 13.6. The molecule has 114 valence electrons. The zero-order valence-corrected chi connectivity index (χ0v) is 12.6. The molecule has 0 atom stereocenters. The maximum absolute atomic E-state index is 12.8. The molecule has 5 aliphatic rings. The van der Waals surface area contributed by atoms with Gasteiger partial charge >= 0.3 is 0 Å². The molecule has 0 aromatic rings. The van der Waals surface area contributed by atoms with Crippen molar-refractivity contribution >= 4 is 5.91 Å². The van der Waals surface area contributed by atoms with E-state index in [0.717, 1.165) is 37.0 Å². The lowest BCUT2D eigenvalue weighted by molar-refractivity contribution is -0.138. The monoisotopic (exact) mass is 288 g/mol. The first-order chi connectivity index (χ1) is 10.1. The SMILES string of the molecule is N#CC1(C(=O)NC23CC4CC(CC(C4)C2)C3)CCOCC1. The first-order valence-corrected chi connectivity index (χ1v) is 8.45. The van der Waals surface area contributed by atoms with Crippen LogP contribution in [0.2, 0.25) is 0 Å². The number of ether oxygens (including phenoxy) is 1. The van der Waals surface area contributed by atoms with E-state index in [2.05, 4.69) is 11.4 Å². The molecule has 1 heterocycles. The van der Waals surface area contributed by atoms with Gasteiger partial charge in [0.25, 0.3) is 0 Å². The molecule has 4 bridgehead atoms. The number of nitrogens with zero attached hydrogens (tertiary/aromatic N) is 1. The van der Waals surface area contributed by atoms with Gasteiger partial charge in [0, 0.05) is 18.8 Å². The molecule has 4 saturated carbocycles. The Labute approximate surface area is 126 Å². The molecule has 0 spiro atoms. The van der Waals surface area contributed by atoms with E-state index in [1.54, 1.807) is 0 Å². The molecule has 1 amide bonds. The Bertz CT molecular complexity index is 452. The largest absolute Gasteiger partial charge is 0.381 e. The van der Waals surface area contributed by atoms with Gasteiger partial charge in [-0.3, -0.25) is 4.79 Å². The van der Waals surface area contributed by atoms with E-state index < -0.39 is 5.41 Å². The average Bonchev–Trinajstić information content (AvgIpc) is 2.46. The van der Waals surface area contributed by atoms with E-state index in [4.69, 9.17) is 4.74 Å². The molecule has 4 aliphatic carbocycles. The lowest BCUT2D eigenvalue weighted by atomic mass is 9.53. The lowest BCUT2D eigenvalue weighted by Gasteiger charge is -2.57. The second kappa shape index (κ2) is 4.71. The Morgan fingerprint density at radius 2 is 1.57 bits per heavy atom.